The van der Waals surface area contributed by atoms with Gasteiger partial charge in [-0.25, -0.2) is 0 Å². The van der Waals surface area contributed by atoms with E-state index in [9.17, 15) is 0 Å². The maximum absolute atomic E-state index is 3.47. The largest absolute Gasteiger partial charge is 0.385 e. The molecule has 0 unspecified atom stereocenters. The minimum Gasteiger partial charge on any atom is -0.385 e. The molecule has 2 heteroatoms. The number of hydrogen-bond acceptors (Lipinski definition) is 1. The van der Waals surface area contributed by atoms with Crippen LogP contribution in [0.4, 0.5) is 5.69 Å². The summed E-state index contributed by atoms with van der Waals surface area (Å²) in [6.45, 7) is 4.28. The van der Waals surface area contributed by atoms with Crippen LogP contribution in [0.1, 0.15) is 18.9 Å². The number of anilines is 1. The maximum Gasteiger partial charge on any atom is 0.0512 e. The zero-order valence-electron chi connectivity index (χ0n) is 12.5. The van der Waals surface area contributed by atoms with Gasteiger partial charge in [0.25, 0.3) is 0 Å². The van der Waals surface area contributed by atoms with E-state index in [0.29, 0.717) is 0 Å². The van der Waals surface area contributed by atoms with Crippen molar-refractivity contribution in [2.24, 2.45) is 0 Å². The van der Waals surface area contributed by atoms with Crippen molar-refractivity contribution >= 4 is 16.6 Å². The summed E-state index contributed by atoms with van der Waals surface area (Å²) < 4.78 is 2.39. The molecule has 3 aromatic rings. The first-order valence-corrected chi connectivity index (χ1v) is 7.74. The second-order valence-electron chi connectivity index (χ2n) is 5.36. The third-order valence-electron chi connectivity index (χ3n) is 3.93. The molecule has 2 nitrogen and oxygen atoms in total. The minimum atomic E-state index is 0.998. The van der Waals surface area contributed by atoms with Crippen LogP contribution in [0.3, 0.4) is 0 Å². The standard InChI is InChI=1S/C19H22N2/c1-2-16-8-6-9-17-12-15-21(19(16)17)14-7-13-20-18-10-4-3-5-11-18/h3-6,8-12,15,20H,2,7,13-14H2,1H3. The summed E-state index contributed by atoms with van der Waals surface area (Å²) in [7, 11) is 0. The number of fused-ring (bicyclic) bond motifs is 1. The lowest BCUT2D eigenvalue weighted by Crippen LogP contribution is -2.06. The fourth-order valence-electron chi connectivity index (χ4n) is 2.85. The molecule has 0 spiro atoms. The Balaban J connectivity index is 1.63. The van der Waals surface area contributed by atoms with Gasteiger partial charge in [-0.3, -0.25) is 0 Å². The van der Waals surface area contributed by atoms with E-state index in [4.69, 9.17) is 0 Å². The van der Waals surface area contributed by atoms with Crippen molar-refractivity contribution < 1.29 is 0 Å². The zero-order valence-corrected chi connectivity index (χ0v) is 12.5. The molecule has 0 aliphatic rings. The summed E-state index contributed by atoms with van der Waals surface area (Å²) in [5.74, 6) is 0. The minimum absolute atomic E-state index is 0.998. The highest BCUT2D eigenvalue weighted by Gasteiger charge is 2.04. The van der Waals surface area contributed by atoms with Crippen LogP contribution in [0.5, 0.6) is 0 Å². The third kappa shape index (κ3) is 3.10. The highest BCUT2D eigenvalue weighted by atomic mass is 15.0. The van der Waals surface area contributed by atoms with Crippen molar-refractivity contribution in [3.05, 3.63) is 66.4 Å². The number of nitrogens with zero attached hydrogens (tertiary/aromatic N) is 1. The van der Waals surface area contributed by atoms with E-state index in [1.54, 1.807) is 0 Å². The molecule has 0 saturated heterocycles. The molecule has 21 heavy (non-hydrogen) atoms. The Morgan fingerprint density at radius 2 is 1.81 bits per heavy atom. The van der Waals surface area contributed by atoms with Gasteiger partial charge in [0.15, 0.2) is 0 Å². The maximum atomic E-state index is 3.47. The monoisotopic (exact) mass is 278 g/mol. The Morgan fingerprint density at radius 1 is 0.952 bits per heavy atom. The predicted octanol–water partition coefficient (Wildman–Crippen LogP) is 4.71. The van der Waals surface area contributed by atoms with Gasteiger partial charge in [0.2, 0.25) is 0 Å². The number of rotatable bonds is 6. The lowest BCUT2D eigenvalue weighted by molar-refractivity contribution is 0.681. The van der Waals surface area contributed by atoms with Crippen LogP contribution in [0.25, 0.3) is 10.9 Å². The smallest absolute Gasteiger partial charge is 0.0512 e. The summed E-state index contributed by atoms with van der Waals surface area (Å²) in [5.41, 5.74) is 4.04. The predicted molar refractivity (Wildman–Crippen MR) is 90.9 cm³/mol. The average Bonchev–Trinajstić information content (AvgIpc) is 2.96. The number of para-hydroxylation sites is 2. The summed E-state index contributed by atoms with van der Waals surface area (Å²) in [4.78, 5) is 0. The van der Waals surface area contributed by atoms with Gasteiger partial charge in [0.05, 0.1) is 5.52 Å². The average molecular weight is 278 g/mol. The third-order valence-corrected chi connectivity index (χ3v) is 3.93. The van der Waals surface area contributed by atoms with E-state index < -0.39 is 0 Å². The van der Waals surface area contributed by atoms with Crippen molar-refractivity contribution in [3.63, 3.8) is 0 Å². The van der Waals surface area contributed by atoms with Gasteiger partial charge in [-0.05, 0) is 42.0 Å². The zero-order chi connectivity index (χ0) is 14.5. The SMILES string of the molecule is CCc1cccc2ccn(CCCNc3ccccc3)c12. The fourth-order valence-corrected chi connectivity index (χ4v) is 2.85. The molecule has 0 amide bonds. The molecule has 0 radical (unpaired) electrons. The number of benzene rings is 2. The second-order valence-corrected chi connectivity index (χ2v) is 5.36. The molecule has 108 valence electrons. The Labute approximate surface area is 126 Å². The normalized spacial score (nSPS) is 10.9. The van der Waals surface area contributed by atoms with Crippen LogP contribution in [0, 0.1) is 0 Å². The van der Waals surface area contributed by atoms with Crippen LogP contribution in [-0.4, -0.2) is 11.1 Å². The van der Waals surface area contributed by atoms with Gasteiger partial charge < -0.3 is 9.88 Å². The van der Waals surface area contributed by atoms with Gasteiger partial charge >= 0.3 is 0 Å². The molecule has 0 aliphatic carbocycles. The first-order valence-electron chi connectivity index (χ1n) is 7.74. The Hall–Kier alpha value is -2.22. The lowest BCUT2D eigenvalue weighted by Gasteiger charge is -2.10. The number of hydrogen-bond donors (Lipinski definition) is 1. The van der Waals surface area contributed by atoms with Crippen LogP contribution < -0.4 is 5.32 Å². The Bertz CT molecular complexity index is 698. The lowest BCUT2D eigenvalue weighted by atomic mass is 10.1. The van der Waals surface area contributed by atoms with E-state index in [1.165, 1.54) is 22.2 Å². The number of nitrogens with one attached hydrogen (secondary N) is 1. The topological polar surface area (TPSA) is 17.0 Å². The van der Waals surface area contributed by atoms with Crippen LogP contribution in [0.2, 0.25) is 0 Å². The van der Waals surface area contributed by atoms with Gasteiger partial charge in [0, 0.05) is 25.0 Å². The first-order chi connectivity index (χ1) is 10.4. The van der Waals surface area contributed by atoms with Crippen LogP contribution >= 0.6 is 0 Å². The molecular weight excluding hydrogens is 256 g/mol. The number of aromatic nitrogens is 1. The molecule has 1 aromatic heterocycles. The van der Waals surface area contributed by atoms with E-state index in [2.05, 4.69) is 71.5 Å². The molecule has 3 rings (SSSR count). The summed E-state index contributed by atoms with van der Waals surface area (Å²) in [6, 6.07) is 19.2. The van der Waals surface area contributed by atoms with E-state index in [-0.39, 0.29) is 0 Å². The molecule has 0 atom stereocenters. The van der Waals surface area contributed by atoms with Crippen molar-refractivity contribution in [2.45, 2.75) is 26.3 Å². The highest BCUT2D eigenvalue weighted by molar-refractivity contribution is 5.83. The van der Waals surface area contributed by atoms with Gasteiger partial charge in [-0.1, -0.05) is 43.3 Å². The van der Waals surface area contributed by atoms with Crippen molar-refractivity contribution in [1.29, 1.82) is 0 Å². The van der Waals surface area contributed by atoms with E-state index in [1.807, 2.05) is 6.07 Å². The Kier molecular flexibility index (Phi) is 4.25. The van der Waals surface area contributed by atoms with Crippen molar-refractivity contribution in [1.82, 2.24) is 4.57 Å². The van der Waals surface area contributed by atoms with Gasteiger partial charge in [-0.2, -0.15) is 0 Å². The quantitative estimate of drug-likeness (QED) is 0.646. The first kappa shape index (κ1) is 13.7. The molecular formula is C19H22N2. The molecule has 0 aliphatic heterocycles. The molecule has 1 N–H and O–H groups in total. The van der Waals surface area contributed by atoms with Crippen LogP contribution in [0.15, 0.2) is 60.8 Å². The van der Waals surface area contributed by atoms with Crippen LogP contribution in [-0.2, 0) is 13.0 Å². The Morgan fingerprint density at radius 3 is 2.62 bits per heavy atom. The second kappa shape index (κ2) is 6.49. The molecule has 0 fully saturated rings. The molecule has 1 heterocycles. The molecule has 0 bridgehead atoms. The summed E-state index contributed by atoms with van der Waals surface area (Å²) in [5, 5.41) is 4.82. The summed E-state index contributed by atoms with van der Waals surface area (Å²) >= 11 is 0. The van der Waals surface area contributed by atoms with Gasteiger partial charge in [-0.15, -0.1) is 0 Å². The molecule has 0 saturated carbocycles. The summed E-state index contributed by atoms with van der Waals surface area (Å²) in [6.07, 6.45) is 4.42. The number of aryl methyl sites for hydroxylation is 2. The van der Waals surface area contributed by atoms with E-state index >= 15 is 0 Å². The van der Waals surface area contributed by atoms with Crippen molar-refractivity contribution in [3.8, 4) is 0 Å². The fraction of sp³-hybridized carbons (Fsp3) is 0.263. The van der Waals surface area contributed by atoms with Gasteiger partial charge in [0.1, 0.15) is 0 Å². The van der Waals surface area contributed by atoms with E-state index in [0.717, 1.165) is 25.9 Å². The van der Waals surface area contributed by atoms with Crippen molar-refractivity contribution in [2.75, 3.05) is 11.9 Å². The highest BCUT2D eigenvalue weighted by Crippen LogP contribution is 2.21. The molecule has 2 aromatic carbocycles.